The first-order chi connectivity index (χ1) is 10.0. The highest BCUT2D eigenvalue weighted by Crippen LogP contribution is 2.02. The Kier molecular flexibility index (Phi) is 7.70. The molecule has 3 amide bonds. The zero-order valence-corrected chi connectivity index (χ0v) is 12.4. The fourth-order valence-electron chi connectivity index (χ4n) is 2.08. The van der Waals surface area contributed by atoms with Crippen LogP contribution in [0.15, 0.2) is 0 Å². The van der Waals surface area contributed by atoms with E-state index in [-0.39, 0.29) is 18.9 Å². The summed E-state index contributed by atoms with van der Waals surface area (Å²) >= 11 is 0. The normalized spacial score (nSPS) is 16.4. The van der Waals surface area contributed by atoms with Gasteiger partial charge in [0.15, 0.2) is 0 Å². The van der Waals surface area contributed by atoms with E-state index in [9.17, 15) is 14.4 Å². The molecule has 0 saturated carbocycles. The number of hydrogen-bond acceptors (Lipinski definition) is 5. The first-order valence-electron chi connectivity index (χ1n) is 7.25. The summed E-state index contributed by atoms with van der Waals surface area (Å²) in [5.41, 5.74) is 0. The molecule has 3 N–H and O–H groups in total. The van der Waals surface area contributed by atoms with Gasteiger partial charge in [0, 0.05) is 39.3 Å². The Morgan fingerprint density at radius 1 is 1.10 bits per heavy atom. The molecule has 0 aromatic rings. The predicted molar refractivity (Wildman–Crippen MR) is 77.0 cm³/mol. The molecule has 1 fully saturated rings. The Bertz CT molecular complexity index is 367. The quantitative estimate of drug-likeness (QED) is 0.575. The van der Waals surface area contributed by atoms with Crippen LogP contribution >= 0.6 is 0 Å². The number of carboxylic acids is 1. The summed E-state index contributed by atoms with van der Waals surface area (Å²) in [5, 5.41) is 13.5. The van der Waals surface area contributed by atoms with Crippen LogP contribution < -0.4 is 10.6 Å². The van der Waals surface area contributed by atoms with E-state index in [4.69, 9.17) is 5.11 Å². The van der Waals surface area contributed by atoms with Gasteiger partial charge >= 0.3 is 12.0 Å². The van der Waals surface area contributed by atoms with Crippen molar-refractivity contribution in [3.05, 3.63) is 0 Å². The molecule has 1 heterocycles. The highest BCUT2D eigenvalue weighted by atomic mass is 16.4. The number of carbonyl (C=O) groups is 3. The van der Waals surface area contributed by atoms with Crippen LogP contribution in [0.3, 0.4) is 0 Å². The SMILES string of the molecule is CCCNC(=O)NC(=O)CN1CCN(CCC(=O)O)CC1. The summed E-state index contributed by atoms with van der Waals surface area (Å²) in [6, 6.07) is -0.457. The molecule has 120 valence electrons. The van der Waals surface area contributed by atoms with Crippen LogP contribution in [0.2, 0.25) is 0 Å². The summed E-state index contributed by atoms with van der Waals surface area (Å²) in [7, 11) is 0. The van der Waals surface area contributed by atoms with Crippen molar-refractivity contribution in [2.45, 2.75) is 19.8 Å². The molecule has 0 radical (unpaired) electrons. The Balaban J connectivity index is 2.18. The Morgan fingerprint density at radius 3 is 2.29 bits per heavy atom. The fraction of sp³-hybridized carbons (Fsp3) is 0.769. The highest BCUT2D eigenvalue weighted by molar-refractivity contribution is 5.95. The molecule has 1 saturated heterocycles. The Morgan fingerprint density at radius 2 is 1.71 bits per heavy atom. The minimum absolute atomic E-state index is 0.137. The van der Waals surface area contributed by atoms with Crippen molar-refractivity contribution in [3.63, 3.8) is 0 Å². The third-order valence-corrected chi connectivity index (χ3v) is 3.26. The average molecular weight is 300 g/mol. The van der Waals surface area contributed by atoms with Gasteiger partial charge in [0.25, 0.3) is 0 Å². The van der Waals surface area contributed by atoms with Crippen molar-refractivity contribution in [1.82, 2.24) is 20.4 Å². The molecule has 8 nitrogen and oxygen atoms in total. The minimum Gasteiger partial charge on any atom is -0.481 e. The molecule has 0 unspecified atom stereocenters. The Labute approximate surface area is 124 Å². The lowest BCUT2D eigenvalue weighted by Crippen LogP contribution is -2.51. The zero-order chi connectivity index (χ0) is 15.7. The molecule has 0 aromatic heterocycles. The van der Waals surface area contributed by atoms with Gasteiger partial charge in [-0.15, -0.1) is 0 Å². The molecule has 8 heteroatoms. The van der Waals surface area contributed by atoms with E-state index in [0.29, 0.717) is 26.2 Å². The van der Waals surface area contributed by atoms with Gasteiger partial charge in [-0.3, -0.25) is 19.8 Å². The van der Waals surface area contributed by atoms with E-state index < -0.39 is 12.0 Å². The number of hydrogen-bond donors (Lipinski definition) is 3. The van der Waals surface area contributed by atoms with E-state index in [1.165, 1.54) is 0 Å². The second kappa shape index (κ2) is 9.30. The first kappa shape index (κ1) is 17.4. The molecular weight excluding hydrogens is 276 g/mol. The van der Waals surface area contributed by atoms with Crippen LogP contribution in [-0.4, -0.2) is 78.6 Å². The average Bonchev–Trinajstić information content (AvgIpc) is 2.44. The first-order valence-corrected chi connectivity index (χ1v) is 7.25. The molecule has 1 aliphatic heterocycles. The Hall–Kier alpha value is -1.67. The van der Waals surface area contributed by atoms with Crippen LogP contribution in [0, 0.1) is 0 Å². The number of carbonyl (C=O) groups excluding carboxylic acids is 2. The highest BCUT2D eigenvalue weighted by Gasteiger charge is 2.19. The van der Waals surface area contributed by atoms with Gasteiger partial charge in [0.2, 0.25) is 5.91 Å². The molecule has 0 aromatic carbocycles. The largest absolute Gasteiger partial charge is 0.481 e. The van der Waals surface area contributed by atoms with Gasteiger partial charge in [0.05, 0.1) is 13.0 Å². The second-order valence-corrected chi connectivity index (χ2v) is 5.07. The van der Waals surface area contributed by atoms with Crippen molar-refractivity contribution in [2.24, 2.45) is 0 Å². The van der Waals surface area contributed by atoms with Crippen molar-refractivity contribution in [2.75, 3.05) is 45.8 Å². The molecular formula is C13H24N4O4. The number of nitrogens with zero attached hydrogens (tertiary/aromatic N) is 2. The van der Waals surface area contributed by atoms with E-state index in [1.807, 2.05) is 11.8 Å². The number of urea groups is 1. The summed E-state index contributed by atoms with van der Waals surface area (Å²) in [4.78, 5) is 37.5. The number of piperazine rings is 1. The summed E-state index contributed by atoms with van der Waals surface area (Å²) in [6.07, 6.45) is 0.956. The van der Waals surface area contributed by atoms with Gasteiger partial charge in [-0.1, -0.05) is 6.92 Å². The van der Waals surface area contributed by atoms with E-state index >= 15 is 0 Å². The summed E-state index contributed by atoms with van der Waals surface area (Å²) < 4.78 is 0. The number of nitrogens with one attached hydrogen (secondary N) is 2. The molecule has 1 aliphatic rings. The van der Waals surface area contributed by atoms with Crippen molar-refractivity contribution >= 4 is 17.9 Å². The number of rotatable bonds is 7. The van der Waals surface area contributed by atoms with Crippen LogP contribution in [-0.2, 0) is 9.59 Å². The smallest absolute Gasteiger partial charge is 0.321 e. The van der Waals surface area contributed by atoms with E-state index in [2.05, 4.69) is 15.5 Å². The van der Waals surface area contributed by atoms with Crippen LogP contribution in [0.1, 0.15) is 19.8 Å². The zero-order valence-electron chi connectivity index (χ0n) is 12.4. The lowest BCUT2D eigenvalue weighted by molar-refractivity contribution is -0.137. The minimum atomic E-state index is -0.796. The third-order valence-electron chi connectivity index (χ3n) is 3.26. The maximum absolute atomic E-state index is 11.7. The number of imide groups is 1. The number of amides is 3. The third kappa shape index (κ3) is 7.62. The van der Waals surface area contributed by atoms with Crippen LogP contribution in [0.25, 0.3) is 0 Å². The molecule has 0 aliphatic carbocycles. The standard InChI is InChI=1S/C13H24N4O4/c1-2-4-14-13(21)15-11(18)10-17-8-6-16(7-9-17)5-3-12(19)20/h2-10H2,1H3,(H,19,20)(H2,14,15,18,21). The van der Waals surface area contributed by atoms with Crippen LogP contribution in [0.5, 0.6) is 0 Å². The topological polar surface area (TPSA) is 102 Å². The predicted octanol–water partition coefficient (Wildman–Crippen LogP) is -0.685. The van der Waals surface area contributed by atoms with Crippen LogP contribution in [0.4, 0.5) is 4.79 Å². The maximum atomic E-state index is 11.7. The fourth-order valence-corrected chi connectivity index (χ4v) is 2.08. The lowest BCUT2D eigenvalue weighted by Gasteiger charge is -2.33. The van der Waals surface area contributed by atoms with Gasteiger partial charge in [-0.25, -0.2) is 4.79 Å². The number of carboxylic acid groups (broad SMARTS) is 1. The van der Waals surface area contributed by atoms with Gasteiger partial charge in [-0.05, 0) is 6.42 Å². The monoisotopic (exact) mass is 300 g/mol. The number of aliphatic carboxylic acids is 1. The van der Waals surface area contributed by atoms with Crippen molar-refractivity contribution in [3.8, 4) is 0 Å². The lowest BCUT2D eigenvalue weighted by atomic mass is 10.3. The molecule has 0 spiro atoms. The van der Waals surface area contributed by atoms with E-state index in [1.54, 1.807) is 0 Å². The van der Waals surface area contributed by atoms with Crippen molar-refractivity contribution in [1.29, 1.82) is 0 Å². The maximum Gasteiger partial charge on any atom is 0.321 e. The molecule has 0 bridgehead atoms. The van der Waals surface area contributed by atoms with E-state index in [0.717, 1.165) is 19.5 Å². The molecule has 21 heavy (non-hydrogen) atoms. The molecule has 0 atom stereocenters. The van der Waals surface area contributed by atoms with Gasteiger partial charge in [0.1, 0.15) is 0 Å². The van der Waals surface area contributed by atoms with Crippen molar-refractivity contribution < 1.29 is 19.5 Å². The summed E-state index contributed by atoms with van der Waals surface area (Å²) in [5.74, 6) is -1.11. The summed E-state index contributed by atoms with van der Waals surface area (Å²) in [6.45, 7) is 6.08. The second-order valence-electron chi connectivity index (χ2n) is 5.07. The molecule has 1 rings (SSSR count). The van der Waals surface area contributed by atoms with Gasteiger partial charge < -0.3 is 15.3 Å². The van der Waals surface area contributed by atoms with Gasteiger partial charge in [-0.2, -0.15) is 0 Å².